The maximum atomic E-state index is 9.52. The number of rotatable bonds is 5. The van der Waals surface area contributed by atoms with E-state index in [-0.39, 0.29) is 12.1 Å². The van der Waals surface area contributed by atoms with Crippen molar-refractivity contribution in [3.63, 3.8) is 0 Å². The maximum Gasteiger partial charge on any atom is 0.0720 e. The molecule has 0 aromatic heterocycles. The monoisotopic (exact) mass is 365 g/mol. The Morgan fingerprint density at radius 3 is 2.81 bits per heavy atom. The van der Waals surface area contributed by atoms with Gasteiger partial charge in [-0.05, 0) is 73.6 Å². The second-order valence-electron chi connectivity index (χ2n) is 8.65. The molecule has 2 aromatic carbocycles. The molecular formula is C24H31NO2. The van der Waals surface area contributed by atoms with Crippen LogP contribution in [-0.4, -0.2) is 23.4 Å². The number of aryl methyl sites for hydroxylation is 2. The van der Waals surface area contributed by atoms with Crippen LogP contribution in [0.1, 0.15) is 59.4 Å². The van der Waals surface area contributed by atoms with E-state index >= 15 is 0 Å². The number of aliphatic hydroxyl groups excluding tert-OH is 1. The summed E-state index contributed by atoms with van der Waals surface area (Å²) >= 11 is 0. The Morgan fingerprint density at radius 1 is 1.15 bits per heavy atom. The van der Waals surface area contributed by atoms with E-state index in [4.69, 9.17) is 10.5 Å². The average molecular weight is 366 g/mol. The van der Waals surface area contributed by atoms with Gasteiger partial charge in [-0.3, -0.25) is 0 Å². The van der Waals surface area contributed by atoms with Gasteiger partial charge in [-0.25, -0.2) is 0 Å². The van der Waals surface area contributed by atoms with Gasteiger partial charge in [-0.1, -0.05) is 48.0 Å². The molecule has 0 spiro atoms. The van der Waals surface area contributed by atoms with E-state index in [2.05, 4.69) is 49.4 Å². The minimum absolute atomic E-state index is 0.0917. The second kappa shape index (κ2) is 7.75. The highest BCUT2D eigenvalue weighted by Crippen LogP contribution is 2.40. The molecule has 0 heterocycles. The van der Waals surface area contributed by atoms with E-state index in [1.165, 1.54) is 27.8 Å². The van der Waals surface area contributed by atoms with E-state index in [1.807, 2.05) is 0 Å². The Hall–Kier alpha value is -1.68. The number of ether oxygens (including phenoxy) is 1. The van der Waals surface area contributed by atoms with Gasteiger partial charge in [0.25, 0.3) is 0 Å². The highest BCUT2D eigenvalue weighted by Gasteiger charge is 2.36. The number of fused-ring (bicyclic) bond motifs is 1. The highest BCUT2D eigenvalue weighted by molar-refractivity contribution is 5.37. The van der Waals surface area contributed by atoms with Crippen molar-refractivity contribution in [1.82, 2.24) is 0 Å². The van der Waals surface area contributed by atoms with Crippen LogP contribution in [0.5, 0.6) is 0 Å². The third-order valence-electron chi connectivity index (χ3n) is 6.41. The second-order valence-corrected chi connectivity index (χ2v) is 8.65. The van der Waals surface area contributed by atoms with Gasteiger partial charge in [-0.15, -0.1) is 0 Å². The van der Waals surface area contributed by atoms with Crippen LogP contribution in [0.2, 0.25) is 0 Å². The lowest BCUT2D eigenvalue weighted by atomic mass is 9.85. The first-order chi connectivity index (χ1) is 13.0. The summed E-state index contributed by atoms with van der Waals surface area (Å²) in [6.45, 7) is 2.91. The molecule has 27 heavy (non-hydrogen) atoms. The lowest BCUT2D eigenvalue weighted by Crippen LogP contribution is -2.40. The SMILES string of the molecule is Cc1cccc(CO[C@@H]2CCc3cc([C@H]4CC[C@](N)(CO)C4)ccc3C2)c1. The quantitative estimate of drug-likeness (QED) is 0.841. The van der Waals surface area contributed by atoms with Crippen LogP contribution in [0.3, 0.4) is 0 Å². The number of hydrogen-bond donors (Lipinski definition) is 2. The van der Waals surface area contributed by atoms with Crippen molar-refractivity contribution in [3.05, 3.63) is 70.3 Å². The first-order valence-corrected chi connectivity index (χ1v) is 10.2. The zero-order chi connectivity index (χ0) is 18.9. The molecule has 0 bridgehead atoms. The predicted molar refractivity (Wildman–Crippen MR) is 109 cm³/mol. The maximum absolute atomic E-state index is 9.52. The van der Waals surface area contributed by atoms with Crippen LogP contribution in [0.25, 0.3) is 0 Å². The predicted octanol–water partition coefficient (Wildman–Crippen LogP) is 4.03. The van der Waals surface area contributed by atoms with Crippen molar-refractivity contribution >= 4 is 0 Å². The molecule has 3 heteroatoms. The molecule has 0 saturated heterocycles. The summed E-state index contributed by atoms with van der Waals surface area (Å²) in [6, 6.07) is 15.5. The fourth-order valence-corrected chi connectivity index (χ4v) is 4.74. The average Bonchev–Trinajstić information content (AvgIpc) is 3.09. The van der Waals surface area contributed by atoms with Gasteiger partial charge in [0.2, 0.25) is 0 Å². The minimum Gasteiger partial charge on any atom is -0.394 e. The molecule has 0 amide bonds. The summed E-state index contributed by atoms with van der Waals surface area (Å²) in [6.07, 6.45) is 6.38. The van der Waals surface area contributed by atoms with E-state index in [1.54, 1.807) is 0 Å². The smallest absolute Gasteiger partial charge is 0.0720 e. The van der Waals surface area contributed by atoms with E-state index in [0.717, 1.165) is 38.5 Å². The van der Waals surface area contributed by atoms with Crippen molar-refractivity contribution in [2.75, 3.05) is 6.61 Å². The van der Waals surface area contributed by atoms with Crippen LogP contribution >= 0.6 is 0 Å². The lowest BCUT2D eigenvalue weighted by molar-refractivity contribution is 0.0319. The number of nitrogens with two attached hydrogens (primary N) is 1. The Morgan fingerprint density at radius 2 is 2.04 bits per heavy atom. The molecule has 2 aliphatic carbocycles. The van der Waals surface area contributed by atoms with E-state index in [9.17, 15) is 5.11 Å². The normalized spacial score (nSPS) is 27.5. The fourth-order valence-electron chi connectivity index (χ4n) is 4.74. The van der Waals surface area contributed by atoms with Gasteiger partial charge >= 0.3 is 0 Å². The molecule has 4 rings (SSSR count). The van der Waals surface area contributed by atoms with Gasteiger partial charge in [0.15, 0.2) is 0 Å². The molecule has 144 valence electrons. The molecule has 2 aromatic rings. The summed E-state index contributed by atoms with van der Waals surface area (Å²) in [7, 11) is 0. The summed E-state index contributed by atoms with van der Waals surface area (Å²) in [5.41, 5.74) is 12.7. The topological polar surface area (TPSA) is 55.5 Å². The molecule has 3 atom stereocenters. The Labute approximate surface area is 162 Å². The van der Waals surface area contributed by atoms with Gasteiger partial charge in [0.1, 0.15) is 0 Å². The van der Waals surface area contributed by atoms with E-state index < -0.39 is 0 Å². The Balaban J connectivity index is 1.38. The number of aliphatic hydroxyl groups is 1. The molecule has 0 aliphatic heterocycles. The van der Waals surface area contributed by atoms with Crippen molar-refractivity contribution in [2.24, 2.45) is 5.73 Å². The third-order valence-corrected chi connectivity index (χ3v) is 6.41. The first kappa shape index (κ1) is 18.7. The van der Waals surface area contributed by atoms with Gasteiger partial charge in [0, 0.05) is 5.54 Å². The molecule has 3 nitrogen and oxygen atoms in total. The van der Waals surface area contributed by atoms with Gasteiger partial charge in [0.05, 0.1) is 19.3 Å². The highest BCUT2D eigenvalue weighted by atomic mass is 16.5. The first-order valence-electron chi connectivity index (χ1n) is 10.2. The van der Waals surface area contributed by atoms with Crippen LogP contribution in [-0.2, 0) is 24.2 Å². The molecule has 3 N–H and O–H groups in total. The number of benzene rings is 2. The zero-order valence-electron chi connectivity index (χ0n) is 16.3. The van der Waals surface area contributed by atoms with Gasteiger partial charge < -0.3 is 15.6 Å². The van der Waals surface area contributed by atoms with Crippen molar-refractivity contribution < 1.29 is 9.84 Å². The fraction of sp³-hybridized carbons (Fsp3) is 0.500. The molecule has 1 fully saturated rings. The standard InChI is InChI=1S/C24H31NO2/c1-17-3-2-4-18(11-17)15-27-23-8-7-19-12-20(5-6-21(19)13-23)22-9-10-24(25,14-22)16-26/h2-6,11-12,22-23,26H,7-10,13-16,25H2,1H3/t22-,23+,24+/m0/s1. The van der Waals surface area contributed by atoms with Crippen LogP contribution < -0.4 is 5.73 Å². The summed E-state index contributed by atoms with van der Waals surface area (Å²) in [5.74, 6) is 0.489. The molecule has 0 radical (unpaired) electrons. The number of hydrogen-bond acceptors (Lipinski definition) is 3. The lowest BCUT2D eigenvalue weighted by Gasteiger charge is -2.26. The van der Waals surface area contributed by atoms with Crippen molar-refractivity contribution in [3.8, 4) is 0 Å². The molecular weight excluding hydrogens is 334 g/mol. The van der Waals surface area contributed by atoms with Crippen molar-refractivity contribution in [2.45, 2.75) is 69.6 Å². The molecule has 1 saturated carbocycles. The van der Waals surface area contributed by atoms with E-state index in [0.29, 0.717) is 18.6 Å². The largest absolute Gasteiger partial charge is 0.394 e. The van der Waals surface area contributed by atoms with Crippen molar-refractivity contribution in [1.29, 1.82) is 0 Å². The summed E-state index contributed by atoms with van der Waals surface area (Å²) in [5, 5.41) is 9.52. The molecule has 0 unspecified atom stereocenters. The van der Waals surface area contributed by atoms with Crippen LogP contribution in [0, 0.1) is 6.92 Å². The molecule has 2 aliphatic rings. The minimum atomic E-state index is -0.380. The van der Waals surface area contributed by atoms with Gasteiger partial charge in [-0.2, -0.15) is 0 Å². The zero-order valence-corrected chi connectivity index (χ0v) is 16.3. The Bertz CT molecular complexity index is 803. The van der Waals surface area contributed by atoms with Crippen LogP contribution in [0.15, 0.2) is 42.5 Å². The van der Waals surface area contributed by atoms with Crippen LogP contribution in [0.4, 0.5) is 0 Å². The summed E-state index contributed by atoms with van der Waals surface area (Å²) in [4.78, 5) is 0. The third kappa shape index (κ3) is 4.26. The Kier molecular flexibility index (Phi) is 5.36. The summed E-state index contributed by atoms with van der Waals surface area (Å²) < 4.78 is 6.21.